The molecule has 0 spiro atoms. The van der Waals surface area contributed by atoms with Crippen LogP contribution in [0.1, 0.15) is 11.1 Å². The molecule has 0 unspecified atom stereocenters. The maximum atomic E-state index is 8.96. The summed E-state index contributed by atoms with van der Waals surface area (Å²) in [7, 11) is 2.15. The number of piperazine rings is 1. The highest BCUT2D eigenvalue weighted by atomic mass is 15.2. The number of rotatable bonds is 1. The molecule has 3 heteroatoms. The van der Waals surface area contributed by atoms with Crippen LogP contribution in [0.4, 0.5) is 0 Å². The fourth-order valence-electron chi connectivity index (χ4n) is 1.94. The minimum atomic E-state index is 0.656. The first-order valence-electron chi connectivity index (χ1n) is 6.18. The van der Waals surface area contributed by atoms with Gasteiger partial charge in [-0.25, -0.2) is 0 Å². The van der Waals surface area contributed by atoms with Gasteiger partial charge in [-0.05, 0) is 19.2 Å². The van der Waals surface area contributed by atoms with Gasteiger partial charge in [0.25, 0.3) is 0 Å². The van der Waals surface area contributed by atoms with E-state index in [1.165, 1.54) is 0 Å². The molecule has 0 aromatic heterocycles. The van der Waals surface area contributed by atoms with Crippen LogP contribution in [0.2, 0.25) is 0 Å². The van der Waals surface area contributed by atoms with Gasteiger partial charge >= 0.3 is 0 Å². The molecule has 2 rings (SSSR count). The van der Waals surface area contributed by atoms with Crippen LogP contribution < -0.4 is 0 Å². The van der Waals surface area contributed by atoms with Gasteiger partial charge in [-0.1, -0.05) is 24.0 Å². The Morgan fingerprint density at radius 1 is 1.11 bits per heavy atom. The van der Waals surface area contributed by atoms with Gasteiger partial charge in [0, 0.05) is 31.7 Å². The fraction of sp³-hybridized carbons (Fsp3) is 0.400. The van der Waals surface area contributed by atoms with Crippen LogP contribution in [0.5, 0.6) is 0 Å². The lowest BCUT2D eigenvalue weighted by molar-refractivity contribution is 0.168. The predicted molar refractivity (Wildman–Crippen MR) is 72.0 cm³/mol. The highest BCUT2D eigenvalue weighted by Crippen LogP contribution is 2.05. The molecule has 0 atom stereocenters. The van der Waals surface area contributed by atoms with Crippen LogP contribution in [0.25, 0.3) is 0 Å². The lowest BCUT2D eigenvalue weighted by atomic mass is 10.1. The van der Waals surface area contributed by atoms with Crippen molar-refractivity contribution in [1.29, 1.82) is 5.26 Å². The Bertz CT molecular complexity index is 496. The first-order valence-corrected chi connectivity index (χ1v) is 6.18. The number of benzene rings is 1. The number of likely N-dealkylation sites (N-methyl/N-ethyl adjacent to an activating group) is 1. The molecule has 1 fully saturated rings. The lowest BCUT2D eigenvalue weighted by Crippen LogP contribution is -2.44. The van der Waals surface area contributed by atoms with E-state index >= 15 is 0 Å². The van der Waals surface area contributed by atoms with Crippen LogP contribution in [-0.2, 0) is 0 Å². The molecule has 1 aromatic rings. The number of nitriles is 1. The van der Waals surface area contributed by atoms with Gasteiger partial charge in [-0.3, -0.25) is 4.90 Å². The van der Waals surface area contributed by atoms with Crippen molar-refractivity contribution in [3.05, 3.63) is 35.4 Å². The molecular formula is C15H17N3. The van der Waals surface area contributed by atoms with Crippen molar-refractivity contribution in [1.82, 2.24) is 9.80 Å². The SMILES string of the molecule is CN1CCN(CC#Cc2ccccc2C#N)CC1. The smallest absolute Gasteiger partial charge is 0.100 e. The van der Waals surface area contributed by atoms with E-state index in [-0.39, 0.29) is 0 Å². The van der Waals surface area contributed by atoms with E-state index < -0.39 is 0 Å². The van der Waals surface area contributed by atoms with Gasteiger partial charge in [0.2, 0.25) is 0 Å². The van der Waals surface area contributed by atoms with Crippen LogP contribution in [0, 0.1) is 23.2 Å². The van der Waals surface area contributed by atoms with E-state index in [9.17, 15) is 0 Å². The average molecular weight is 239 g/mol. The maximum Gasteiger partial charge on any atom is 0.100 e. The quantitative estimate of drug-likeness (QED) is 0.689. The first-order chi connectivity index (χ1) is 8.79. The van der Waals surface area contributed by atoms with Crippen LogP contribution in [-0.4, -0.2) is 49.6 Å². The molecular weight excluding hydrogens is 222 g/mol. The summed E-state index contributed by atoms with van der Waals surface area (Å²) in [6.45, 7) is 5.15. The number of nitrogens with zero attached hydrogens (tertiary/aromatic N) is 3. The minimum Gasteiger partial charge on any atom is -0.304 e. The Balaban J connectivity index is 1.94. The maximum absolute atomic E-state index is 8.96. The van der Waals surface area contributed by atoms with E-state index in [0.29, 0.717) is 5.56 Å². The molecule has 0 N–H and O–H groups in total. The van der Waals surface area contributed by atoms with Crippen molar-refractivity contribution in [2.75, 3.05) is 39.8 Å². The largest absolute Gasteiger partial charge is 0.304 e. The third-order valence-corrected chi connectivity index (χ3v) is 3.17. The van der Waals surface area contributed by atoms with Gasteiger partial charge in [-0.15, -0.1) is 0 Å². The summed E-state index contributed by atoms with van der Waals surface area (Å²) in [5.74, 6) is 6.26. The zero-order valence-electron chi connectivity index (χ0n) is 10.7. The Labute approximate surface area is 109 Å². The minimum absolute atomic E-state index is 0.656. The second kappa shape index (κ2) is 6.21. The Morgan fingerprint density at radius 2 is 1.78 bits per heavy atom. The summed E-state index contributed by atoms with van der Waals surface area (Å²) in [6, 6.07) is 9.65. The molecule has 3 nitrogen and oxygen atoms in total. The summed E-state index contributed by atoms with van der Waals surface area (Å²) < 4.78 is 0. The van der Waals surface area contributed by atoms with Crippen LogP contribution in [0.3, 0.4) is 0 Å². The van der Waals surface area contributed by atoms with Gasteiger partial charge in [0.15, 0.2) is 0 Å². The monoisotopic (exact) mass is 239 g/mol. The lowest BCUT2D eigenvalue weighted by Gasteiger charge is -2.30. The second-order valence-corrected chi connectivity index (χ2v) is 4.54. The highest BCUT2D eigenvalue weighted by Gasteiger charge is 2.11. The molecule has 1 aromatic carbocycles. The van der Waals surface area contributed by atoms with Gasteiger partial charge < -0.3 is 4.90 Å². The molecule has 1 aliphatic rings. The Hall–Kier alpha value is -1.81. The second-order valence-electron chi connectivity index (χ2n) is 4.54. The molecule has 1 aliphatic heterocycles. The van der Waals surface area contributed by atoms with Crippen LogP contribution in [0.15, 0.2) is 24.3 Å². The number of hydrogen-bond donors (Lipinski definition) is 0. The molecule has 0 radical (unpaired) electrons. The molecule has 1 saturated heterocycles. The zero-order valence-corrected chi connectivity index (χ0v) is 10.7. The molecule has 1 heterocycles. The zero-order chi connectivity index (χ0) is 12.8. The van der Waals surface area contributed by atoms with Gasteiger partial charge in [-0.2, -0.15) is 5.26 Å². The third-order valence-electron chi connectivity index (χ3n) is 3.17. The van der Waals surface area contributed by atoms with Gasteiger partial charge in [0.05, 0.1) is 12.1 Å². The van der Waals surface area contributed by atoms with Crippen molar-refractivity contribution in [3.8, 4) is 17.9 Å². The van der Waals surface area contributed by atoms with E-state index in [1.54, 1.807) is 6.07 Å². The normalized spacial score (nSPS) is 16.7. The summed E-state index contributed by atoms with van der Waals surface area (Å²) in [5.41, 5.74) is 1.48. The molecule has 0 amide bonds. The number of hydrogen-bond acceptors (Lipinski definition) is 3. The van der Waals surface area contributed by atoms with E-state index in [4.69, 9.17) is 5.26 Å². The molecule has 0 aliphatic carbocycles. The molecule has 0 bridgehead atoms. The van der Waals surface area contributed by atoms with Crippen molar-refractivity contribution < 1.29 is 0 Å². The standard InChI is InChI=1S/C15H17N3/c1-17-9-11-18(12-10-17)8-4-7-14-5-2-3-6-15(14)13-16/h2-3,5-6H,8-12H2,1H3. The summed E-state index contributed by atoms with van der Waals surface area (Å²) in [6.07, 6.45) is 0. The average Bonchev–Trinajstić information content (AvgIpc) is 2.41. The van der Waals surface area contributed by atoms with Crippen LogP contribution >= 0.6 is 0 Å². The predicted octanol–water partition coefficient (Wildman–Crippen LogP) is 1.16. The van der Waals surface area contributed by atoms with Crippen molar-refractivity contribution >= 4 is 0 Å². The van der Waals surface area contributed by atoms with Crippen molar-refractivity contribution in [2.24, 2.45) is 0 Å². The first kappa shape index (κ1) is 12.6. The third kappa shape index (κ3) is 3.34. The summed E-state index contributed by atoms with van der Waals surface area (Å²) in [5, 5.41) is 8.96. The molecule has 92 valence electrons. The Kier molecular flexibility index (Phi) is 4.36. The van der Waals surface area contributed by atoms with E-state index in [1.807, 2.05) is 18.2 Å². The topological polar surface area (TPSA) is 30.3 Å². The summed E-state index contributed by atoms with van der Waals surface area (Å²) >= 11 is 0. The summed E-state index contributed by atoms with van der Waals surface area (Å²) in [4.78, 5) is 4.68. The van der Waals surface area contributed by atoms with E-state index in [2.05, 4.69) is 34.8 Å². The van der Waals surface area contributed by atoms with Crippen molar-refractivity contribution in [3.63, 3.8) is 0 Å². The highest BCUT2D eigenvalue weighted by molar-refractivity contribution is 5.47. The molecule has 18 heavy (non-hydrogen) atoms. The van der Waals surface area contributed by atoms with Gasteiger partial charge in [0.1, 0.15) is 6.07 Å². The fourth-order valence-corrected chi connectivity index (χ4v) is 1.94. The van der Waals surface area contributed by atoms with Crippen molar-refractivity contribution in [2.45, 2.75) is 0 Å². The van der Waals surface area contributed by atoms with E-state index in [0.717, 1.165) is 38.3 Å². The Morgan fingerprint density at radius 3 is 2.44 bits per heavy atom. The molecule has 0 saturated carbocycles.